The monoisotopic (exact) mass is 386 g/mol. The lowest BCUT2D eigenvalue weighted by molar-refractivity contribution is 0.634. The van der Waals surface area contributed by atoms with Gasteiger partial charge in [0.1, 0.15) is 0 Å². The minimum absolute atomic E-state index is 0.304. The van der Waals surface area contributed by atoms with E-state index in [2.05, 4.69) is 10.1 Å². The standard InChI is InChI=1S/C18H19ClN6O2/c1-4-23-16(26)14-15(22(3)18(23)27)20-17-24(14)9-11(2)21-25(17)10-12-7-5-6-8-13(12)19/h5-8H,4,9-10H2,1-3H3. The van der Waals surface area contributed by atoms with Gasteiger partial charge in [-0.3, -0.25) is 18.5 Å². The van der Waals surface area contributed by atoms with Crippen molar-refractivity contribution in [2.45, 2.75) is 33.5 Å². The van der Waals surface area contributed by atoms with Gasteiger partial charge in [-0.15, -0.1) is 0 Å². The zero-order valence-electron chi connectivity index (χ0n) is 15.3. The molecule has 9 heteroatoms. The van der Waals surface area contributed by atoms with E-state index in [0.29, 0.717) is 41.8 Å². The molecule has 3 aromatic rings. The SMILES string of the molecule is CCn1c(=O)c2c(nc3n2CC(C)=NN3Cc2ccccc2Cl)n(C)c1=O. The van der Waals surface area contributed by atoms with Crippen LogP contribution in [0.2, 0.25) is 5.02 Å². The Morgan fingerprint density at radius 1 is 1.22 bits per heavy atom. The second-order valence-electron chi connectivity index (χ2n) is 6.55. The fourth-order valence-electron chi connectivity index (χ4n) is 3.39. The average Bonchev–Trinajstić information content (AvgIpc) is 3.02. The molecule has 0 bridgehead atoms. The first-order chi connectivity index (χ1) is 12.9. The number of anilines is 1. The molecule has 4 rings (SSSR count). The smallest absolute Gasteiger partial charge is 0.297 e. The first kappa shape index (κ1) is 17.5. The number of hydrazone groups is 1. The first-order valence-corrected chi connectivity index (χ1v) is 9.05. The Morgan fingerprint density at radius 2 is 1.96 bits per heavy atom. The number of benzene rings is 1. The van der Waals surface area contributed by atoms with Gasteiger partial charge >= 0.3 is 5.69 Å². The molecular formula is C18H19ClN6O2. The Morgan fingerprint density at radius 3 is 2.67 bits per heavy atom. The van der Waals surface area contributed by atoms with E-state index < -0.39 is 0 Å². The lowest BCUT2D eigenvalue weighted by Crippen LogP contribution is -2.39. The van der Waals surface area contributed by atoms with E-state index in [1.165, 1.54) is 9.13 Å². The van der Waals surface area contributed by atoms with Gasteiger partial charge in [-0.2, -0.15) is 10.1 Å². The van der Waals surface area contributed by atoms with Crippen molar-refractivity contribution in [2.24, 2.45) is 12.1 Å². The lowest BCUT2D eigenvalue weighted by Gasteiger charge is -2.25. The van der Waals surface area contributed by atoms with Crippen LogP contribution in [0.25, 0.3) is 11.2 Å². The molecule has 27 heavy (non-hydrogen) atoms. The van der Waals surface area contributed by atoms with E-state index in [1.54, 1.807) is 19.0 Å². The predicted octanol–water partition coefficient (Wildman–Crippen LogP) is 1.97. The second-order valence-corrected chi connectivity index (χ2v) is 6.95. The molecule has 0 aliphatic carbocycles. The number of rotatable bonds is 3. The number of aryl methyl sites for hydroxylation is 1. The number of fused-ring (bicyclic) bond motifs is 3. The van der Waals surface area contributed by atoms with E-state index in [1.807, 2.05) is 35.8 Å². The van der Waals surface area contributed by atoms with Crippen molar-refractivity contribution in [3.63, 3.8) is 0 Å². The van der Waals surface area contributed by atoms with Gasteiger partial charge in [-0.25, -0.2) is 9.80 Å². The predicted molar refractivity (Wildman–Crippen MR) is 106 cm³/mol. The third-order valence-corrected chi connectivity index (χ3v) is 5.08. The summed E-state index contributed by atoms with van der Waals surface area (Å²) < 4.78 is 4.45. The maximum absolute atomic E-state index is 12.9. The van der Waals surface area contributed by atoms with Crippen molar-refractivity contribution in [3.8, 4) is 0 Å². The summed E-state index contributed by atoms with van der Waals surface area (Å²) >= 11 is 6.30. The molecule has 0 radical (unpaired) electrons. The van der Waals surface area contributed by atoms with Gasteiger partial charge in [0.2, 0.25) is 5.95 Å². The van der Waals surface area contributed by atoms with E-state index in [9.17, 15) is 9.59 Å². The molecule has 1 aliphatic rings. The quantitative estimate of drug-likeness (QED) is 0.689. The van der Waals surface area contributed by atoms with Gasteiger partial charge in [-0.05, 0) is 25.5 Å². The van der Waals surface area contributed by atoms with Crippen molar-refractivity contribution in [2.75, 3.05) is 5.01 Å². The fraction of sp³-hybridized carbons (Fsp3) is 0.333. The zero-order valence-corrected chi connectivity index (χ0v) is 16.1. The van der Waals surface area contributed by atoms with Gasteiger partial charge in [0, 0.05) is 18.6 Å². The number of hydrogen-bond donors (Lipinski definition) is 0. The minimum atomic E-state index is -0.374. The summed E-state index contributed by atoms with van der Waals surface area (Å²) in [5.41, 5.74) is 1.80. The summed E-state index contributed by atoms with van der Waals surface area (Å²) in [6.07, 6.45) is 0. The molecule has 1 aliphatic heterocycles. The topological polar surface area (TPSA) is 77.4 Å². The minimum Gasteiger partial charge on any atom is -0.297 e. The third-order valence-electron chi connectivity index (χ3n) is 4.72. The van der Waals surface area contributed by atoms with Crippen molar-refractivity contribution in [1.29, 1.82) is 0 Å². The summed E-state index contributed by atoms with van der Waals surface area (Å²) in [5.74, 6) is 0.525. The van der Waals surface area contributed by atoms with Crippen LogP contribution in [-0.4, -0.2) is 24.4 Å². The molecule has 0 spiro atoms. The van der Waals surface area contributed by atoms with Crippen molar-refractivity contribution in [3.05, 3.63) is 55.7 Å². The molecule has 2 aromatic heterocycles. The van der Waals surface area contributed by atoms with E-state index in [4.69, 9.17) is 11.6 Å². The molecule has 1 aromatic carbocycles. The maximum atomic E-state index is 12.9. The van der Waals surface area contributed by atoms with Gasteiger partial charge in [0.05, 0.1) is 18.8 Å². The van der Waals surface area contributed by atoms with Crippen LogP contribution in [0.3, 0.4) is 0 Å². The molecule has 3 heterocycles. The Balaban J connectivity index is 1.94. The maximum Gasteiger partial charge on any atom is 0.332 e. The summed E-state index contributed by atoms with van der Waals surface area (Å²) in [6, 6.07) is 7.53. The Labute approximate surface area is 159 Å². The van der Waals surface area contributed by atoms with Crippen LogP contribution in [0.5, 0.6) is 0 Å². The molecule has 0 fully saturated rings. The van der Waals surface area contributed by atoms with Crippen molar-refractivity contribution >= 4 is 34.4 Å². The summed E-state index contributed by atoms with van der Waals surface area (Å²) in [5, 5.41) is 6.95. The van der Waals surface area contributed by atoms with Crippen LogP contribution in [0.1, 0.15) is 19.4 Å². The highest BCUT2D eigenvalue weighted by Gasteiger charge is 2.26. The number of nitrogens with zero attached hydrogens (tertiary/aromatic N) is 6. The summed E-state index contributed by atoms with van der Waals surface area (Å²) in [7, 11) is 1.63. The lowest BCUT2D eigenvalue weighted by atomic mass is 10.2. The van der Waals surface area contributed by atoms with E-state index >= 15 is 0 Å². The molecule has 0 N–H and O–H groups in total. The van der Waals surface area contributed by atoms with E-state index in [0.717, 1.165) is 11.3 Å². The number of aromatic nitrogens is 4. The van der Waals surface area contributed by atoms with Gasteiger partial charge in [0.15, 0.2) is 11.2 Å². The van der Waals surface area contributed by atoms with Crippen molar-refractivity contribution in [1.82, 2.24) is 18.7 Å². The summed E-state index contributed by atoms with van der Waals surface area (Å²) in [6.45, 7) is 4.84. The zero-order chi connectivity index (χ0) is 19.3. The van der Waals surface area contributed by atoms with Crippen LogP contribution in [0.4, 0.5) is 5.95 Å². The number of hydrogen-bond acceptors (Lipinski definition) is 5. The van der Waals surface area contributed by atoms with Crippen LogP contribution < -0.4 is 16.3 Å². The summed E-state index contributed by atoms with van der Waals surface area (Å²) in [4.78, 5) is 29.9. The number of imidazole rings is 1. The molecule has 8 nitrogen and oxygen atoms in total. The third kappa shape index (κ3) is 2.68. The highest BCUT2D eigenvalue weighted by Crippen LogP contribution is 2.27. The molecule has 140 valence electrons. The second kappa shape index (κ2) is 6.38. The van der Waals surface area contributed by atoms with Crippen LogP contribution >= 0.6 is 11.6 Å². The van der Waals surface area contributed by atoms with Gasteiger partial charge < -0.3 is 0 Å². The van der Waals surface area contributed by atoms with Crippen LogP contribution in [0.15, 0.2) is 39.0 Å². The Bertz CT molecular complexity index is 1200. The number of halogens is 1. The normalized spacial score (nSPS) is 13.8. The molecule has 0 atom stereocenters. The molecule has 0 saturated heterocycles. The average molecular weight is 387 g/mol. The highest BCUT2D eigenvalue weighted by atomic mass is 35.5. The molecule has 0 saturated carbocycles. The molecule has 0 amide bonds. The van der Waals surface area contributed by atoms with Crippen molar-refractivity contribution < 1.29 is 0 Å². The van der Waals surface area contributed by atoms with Gasteiger partial charge in [-0.1, -0.05) is 29.8 Å². The van der Waals surface area contributed by atoms with Gasteiger partial charge in [0.25, 0.3) is 5.56 Å². The van der Waals surface area contributed by atoms with Crippen LogP contribution in [0, 0.1) is 0 Å². The molecule has 0 unspecified atom stereocenters. The Hall–Kier alpha value is -2.87. The molecular weight excluding hydrogens is 368 g/mol. The largest absolute Gasteiger partial charge is 0.332 e. The van der Waals surface area contributed by atoms with E-state index in [-0.39, 0.29) is 11.2 Å². The van der Waals surface area contributed by atoms with Crippen LogP contribution in [-0.2, 0) is 26.7 Å². The first-order valence-electron chi connectivity index (χ1n) is 8.67. The fourth-order valence-corrected chi connectivity index (χ4v) is 3.59. The highest BCUT2D eigenvalue weighted by molar-refractivity contribution is 6.31. The Kier molecular flexibility index (Phi) is 4.15.